The fourth-order valence-electron chi connectivity index (χ4n) is 3.53. The molecular weight excluding hydrogens is 398 g/mol. The number of thiophene rings is 1. The van der Waals surface area contributed by atoms with Crippen LogP contribution in [0.2, 0.25) is 0 Å². The first-order valence-corrected chi connectivity index (χ1v) is 11.0. The Labute approximate surface area is 167 Å². The Hall–Kier alpha value is -2.59. The Balaban J connectivity index is 1.82. The van der Waals surface area contributed by atoms with E-state index >= 15 is 0 Å². The fourth-order valence-corrected chi connectivity index (χ4v) is 6.30. The Morgan fingerprint density at radius 1 is 1.39 bits per heavy atom. The number of aliphatic imine (C=N–C) groups is 1. The normalized spacial score (nSPS) is 21.7. The number of methoxy groups -OCH3 is 1. The molecule has 10 heteroatoms. The van der Waals surface area contributed by atoms with Crippen LogP contribution in [0.15, 0.2) is 29.4 Å². The molecule has 1 atom stereocenters. The SMILES string of the molecule is COc1nccc2cc(-c3cc(C)c([C@]4(C)CS(=O)(=O)N(C)C(N)=N4)s3)[nH]c12. The summed E-state index contributed by atoms with van der Waals surface area (Å²) in [6.07, 6.45) is 1.70. The molecule has 8 nitrogen and oxygen atoms in total. The summed E-state index contributed by atoms with van der Waals surface area (Å²) in [5.41, 5.74) is 7.68. The molecule has 1 aliphatic rings. The number of aryl methyl sites for hydroxylation is 1. The second-order valence-corrected chi connectivity index (χ2v) is 10.1. The minimum absolute atomic E-state index is 0.00419. The van der Waals surface area contributed by atoms with Crippen molar-refractivity contribution in [3.63, 3.8) is 0 Å². The highest BCUT2D eigenvalue weighted by molar-refractivity contribution is 7.89. The topological polar surface area (TPSA) is 114 Å². The lowest BCUT2D eigenvalue weighted by molar-refractivity contribution is 0.402. The van der Waals surface area contributed by atoms with E-state index in [2.05, 4.69) is 15.0 Å². The highest BCUT2D eigenvalue weighted by Crippen LogP contribution is 2.42. The number of H-pyrrole nitrogens is 1. The van der Waals surface area contributed by atoms with Gasteiger partial charge in [-0.2, -0.15) is 0 Å². The standard InChI is InChI=1S/C18H21N5O3S2/c1-10-7-13(12-8-11-5-6-20-16(26-4)14(11)21-12)27-15(10)18(2)9-28(24,25)23(3)17(19)22-18/h5-8,21H,9H2,1-4H3,(H2,19,22)/t18-/m0/s1. The molecule has 4 heterocycles. The maximum absolute atomic E-state index is 12.5. The van der Waals surface area contributed by atoms with Crippen LogP contribution in [0.5, 0.6) is 5.88 Å². The number of fused-ring (bicyclic) bond motifs is 1. The number of aromatic amines is 1. The van der Waals surface area contributed by atoms with Crippen LogP contribution in [0.25, 0.3) is 21.5 Å². The van der Waals surface area contributed by atoms with Gasteiger partial charge in [-0.25, -0.2) is 22.7 Å². The van der Waals surface area contributed by atoms with Gasteiger partial charge in [0.1, 0.15) is 11.1 Å². The summed E-state index contributed by atoms with van der Waals surface area (Å²) >= 11 is 1.51. The summed E-state index contributed by atoms with van der Waals surface area (Å²) in [7, 11) is -0.511. The molecule has 0 spiro atoms. The first-order valence-electron chi connectivity index (χ1n) is 8.59. The number of nitrogens with zero attached hydrogens (tertiary/aromatic N) is 3. The number of pyridine rings is 1. The summed E-state index contributed by atoms with van der Waals surface area (Å²) in [6, 6.07) is 5.97. The van der Waals surface area contributed by atoms with Crippen molar-refractivity contribution in [2.45, 2.75) is 19.4 Å². The maximum atomic E-state index is 12.5. The molecular formula is C18H21N5O3S2. The van der Waals surface area contributed by atoms with E-state index in [0.29, 0.717) is 5.88 Å². The van der Waals surface area contributed by atoms with Crippen LogP contribution in [-0.4, -0.2) is 48.6 Å². The van der Waals surface area contributed by atoms with Crippen LogP contribution < -0.4 is 10.5 Å². The third-order valence-electron chi connectivity index (χ3n) is 4.94. The number of guanidine groups is 1. The van der Waals surface area contributed by atoms with E-state index in [0.717, 1.165) is 36.2 Å². The monoisotopic (exact) mass is 419 g/mol. The number of sulfonamides is 1. The van der Waals surface area contributed by atoms with Gasteiger partial charge in [-0.1, -0.05) is 0 Å². The number of ether oxygens (including phenoxy) is 1. The molecule has 0 unspecified atom stereocenters. The summed E-state index contributed by atoms with van der Waals surface area (Å²) in [4.78, 5) is 13.9. The zero-order valence-electron chi connectivity index (χ0n) is 16.0. The molecule has 0 fully saturated rings. The first-order chi connectivity index (χ1) is 13.1. The number of aromatic nitrogens is 2. The van der Waals surface area contributed by atoms with Crippen LogP contribution in [0.4, 0.5) is 0 Å². The molecule has 0 saturated heterocycles. The highest BCUT2D eigenvalue weighted by atomic mass is 32.2. The summed E-state index contributed by atoms with van der Waals surface area (Å²) in [5.74, 6) is 0.412. The second-order valence-electron chi connectivity index (χ2n) is 7.06. The average molecular weight is 420 g/mol. The van der Waals surface area contributed by atoms with Gasteiger partial charge in [-0.3, -0.25) is 0 Å². The van der Waals surface area contributed by atoms with Gasteiger partial charge in [0.25, 0.3) is 0 Å². The van der Waals surface area contributed by atoms with E-state index in [1.165, 1.54) is 18.4 Å². The first kappa shape index (κ1) is 18.8. The molecule has 0 aliphatic carbocycles. The molecule has 28 heavy (non-hydrogen) atoms. The van der Waals surface area contributed by atoms with Crippen molar-refractivity contribution in [2.75, 3.05) is 19.9 Å². The molecule has 0 amide bonds. The third kappa shape index (κ3) is 2.83. The number of nitrogens with two attached hydrogens (primary N) is 1. The molecule has 4 rings (SSSR count). The molecule has 3 aromatic rings. The Bertz CT molecular complexity index is 1210. The van der Waals surface area contributed by atoms with Gasteiger partial charge in [0, 0.05) is 23.5 Å². The lowest BCUT2D eigenvalue weighted by Gasteiger charge is -2.34. The van der Waals surface area contributed by atoms with Crippen molar-refractivity contribution in [1.82, 2.24) is 14.3 Å². The van der Waals surface area contributed by atoms with Gasteiger partial charge in [0.2, 0.25) is 21.9 Å². The molecule has 1 aliphatic heterocycles. The van der Waals surface area contributed by atoms with Crippen molar-refractivity contribution >= 4 is 38.2 Å². The van der Waals surface area contributed by atoms with Crippen molar-refractivity contribution in [3.05, 3.63) is 34.8 Å². The van der Waals surface area contributed by atoms with Crippen LogP contribution in [0, 0.1) is 6.92 Å². The summed E-state index contributed by atoms with van der Waals surface area (Å²) < 4.78 is 31.4. The van der Waals surface area contributed by atoms with Crippen molar-refractivity contribution in [2.24, 2.45) is 10.7 Å². The fraction of sp³-hybridized carbons (Fsp3) is 0.333. The smallest absolute Gasteiger partial charge is 0.239 e. The van der Waals surface area contributed by atoms with Gasteiger partial charge in [-0.15, -0.1) is 11.3 Å². The molecule has 0 radical (unpaired) electrons. The zero-order chi connectivity index (χ0) is 20.3. The zero-order valence-corrected chi connectivity index (χ0v) is 17.6. The van der Waals surface area contributed by atoms with Crippen molar-refractivity contribution in [3.8, 4) is 16.5 Å². The average Bonchev–Trinajstić information content (AvgIpc) is 3.22. The largest absolute Gasteiger partial charge is 0.479 e. The minimum atomic E-state index is -3.52. The van der Waals surface area contributed by atoms with Gasteiger partial charge in [0.05, 0.1) is 23.4 Å². The van der Waals surface area contributed by atoms with Crippen LogP contribution in [-0.2, 0) is 15.6 Å². The predicted octanol–water partition coefficient (Wildman–Crippen LogP) is 2.41. The molecule has 0 aromatic carbocycles. The second kappa shape index (κ2) is 6.21. The van der Waals surface area contributed by atoms with Gasteiger partial charge < -0.3 is 15.5 Å². The predicted molar refractivity (Wildman–Crippen MR) is 111 cm³/mol. The molecule has 0 saturated carbocycles. The quantitative estimate of drug-likeness (QED) is 0.677. The van der Waals surface area contributed by atoms with E-state index in [-0.39, 0.29) is 11.7 Å². The van der Waals surface area contributed by atoms with Gasteiger partial charge in [-0.05, 0) is 37.6 Å². The number of hydrogen-bond donors (Lipinski definition) is 2. The van der Waals surface area contributed by atoms with E-state index in [1.54, 1.807) is 13.3 Å². The summed E-state index contributed by atoms with van der Waals surface area (Å²) in [6.45, 7) is 3.77. The van der Waals surface area contributed by atoms with Gasteiger partial charge >= 0.3 is 0 Å². The Kier molecular flexibility index (Phi) is 4.16. The van der Waals surface area contributed by atoms with Crippen LogP contribution in [0.1, 0.15) is 17.4 Å². The lowest BCUT2D eigenvalue weighted by atomic mass is 10.0. The molecule has 0 bridgehead atoms. The maximum Gasteiger partial charge on any atom is 0.239 e. The van der Waals surface area contributed by atoms with Crippen molar-refractivity contribution < 1.29 is 13.2 Å². The van der Waals surface area contributed by atoms with E-state index < -0.39 is 15.6 Å². The van der Waals surface area contributed by atoms with E-state index in [1.807, 2.05) is 32.0 Å². The Morgan fingerprint density at radius 3 is 2.82 bits per heavy atom. The van der Waals surface area contributed by atoms with Gasteiger partial charge in [0.15, 0.2) is 0 Å². The summed E-state index contributed by atoms with van der Waals surface area (Å²) in [5, 5.41) is 0.991. The molecule has 3 N–H and O–H groups in total. The lowest BCUT2D eigenvalue weighted by Crippen LogP contribution is -2.50. The van der Waals surface area contributed by atoms with E-state index in [9.17, 15) is 8.42 Å². The number of rotatable bonds is 3. The van der Waals surface area contributed by atoms with E-state index in [4.69, 9.17) is 10.5 Å². The van der Waals surface area contributed by atoms with Crippen LogP contribution in [0.3, 0.4) is 0 Å². The highest BCUT2D eigenvalue weighted by Gasteiger charge is 2.42. The molecule has 148 valence electrons. The molecule has 3 aromatic heterocycles. The van der Waals surface area contributed by atoms with Crippen LogP contribution >= 0.6 is 11.3 Å². The Morgan fingerprint density at radius 2 is 2.14 bits per heavy atom. The number of nitrogens with one attached hydrogen (secondary N) is 1. The number of hydrogen-bond acceptors (Lipinski definition) is 7. The third-order valence-corrected chi connectivity index (χ3v) is 8.41. The van der Waals surface area contributed by atoms with Crippen molar-refractivity contribution in [1.29, 1.82) is 0 Å². The minimum Gasteiger partial charge on any atom is -0.479 e.